The van der Waals surface area contributed by atoms with E-state index in [1.807, 2.05) is 6.07 Å². The van der Waals surface area contributed by atoms with E-state index in [0.717, 1.165) is 5.75 Å². The Morgan fingerprint density at radius 1 is 1.42 bits per heavy atom. The van der Waals surface area contributed by atoms with Gasteiger partial charge in [0.2, 0.25) is 0 Å². The molecule has 1 aliphatic rings. The Morgan fingerprint density at radius 3 is 2.89 bits per heavy atom. The number of hydrogen-bond donors (Lipinski definition) is 1. The van der Waals surface area contributed by atoms with Gasteiger partial charge < -0.3 is 15.0 Å². The van der Waals surface area contributed by atoms with Crippen LogP contribution in [0.3, 0.4) is 0 Å². The van der Waals surface area contributed by atoms with Crippen LogP contribution in [0.4, 0.5) is 0 Å². The Labute approximate surface area is 116 Å². The minimum atomic E-state index is 0.371. The van der Waals surface area contributed by atoms with Crippen molar-refractivity contribution in [1.82, 2.24) is 10.2 Å². The predicted octanol–water partition coefficient (Wildman–Crippen LogP) is 2.83. The van der Waals surface area contributed by atoms with Gasteiger partial charge in [-0.25, -0.2) is 0 Å². The van der Waals surface area contributed by atoms with E-state index in [4.69, 9.17) is 4.74 Å². The fourth-order valence-electron chi connectivity index (χ4n) is 2.80. The molecule has 3 atom stereocenters. The Hall–Kier alpha value is -1.06. The highest BCUT2D eigenvalue weighted by atomic mass is 16.5. The second-order valence-corrected chi connectivity index (χ2v) is 5.72. The van der Waals surface area contributed by atoms with Crippen molar-refractivity contribution >= 4 is 0 Å². The van der Waals surface area contributed by atoms with Crippen molar-refractivity contribution in [2.45, 2.75) is 44.8 Å². The Morgan fingerprint density at radius 2 is 2.21 bits per heavy atom. The number of rotatable bonds is 4. The molecular weight excluding hydrogens is 236 g/mol. The highest BCUT2D eigenvalue weighted by Crippen LogP contribution is 2.22. The van der Waals surface area contributed by atoms with Crippen LogP contribution < -0.4 is 10.1 Å². The molecule has 1 heterocycles. The maximum absolute atomic E-state index is 5.29. The molecule has 0 aliphatic carbocycles. The average molecular weight is 262 g/mol. The number of nitrogens with one attached hydrogen (secondary N) is 1. The Bertz CT molecular complexity index is 407. The van der Waals surface area contributed by atoms with Crippen LogP contribution in [-0.4, -0.2) is 37.7 Å². The monoisotopic (exact) mass is 262 g/mol. The molecule has 3 unspecified atom stereocenters. The van der Waals surface area contributed by atoms with Gasteiger partial charge in [-0.1, -0.05) is 12.1 Å². The highest BCUT2D eigenvalue weighted by Gasteiger charge is 2.23. The molecule has 0 bridgehead atoms. The fourth-order valence-corrected chi connectivity index (χ4v) is 2.80. The molecular formula is C16H26N2O. The first-order chi connectivity index (χ1) is 9.10. The number of benzene rings is 1. The van der Waals surface area contributed by atoms with Crippen LogP contribution in [-0.2, 0) is 0 Å². The molecule has 0 spiro atoms. The van der Waals surface area contributed by atoms with Crippen LogP contribution in [0.5, 0.6) is 5.75 Å². The summed E-state index contributed by atoms with van der Waals surface area (Å²) in [7, 11) is 3.93. The molecule has 0 radical (unpaired) electrons. The molecule has 1 aliphatic heterocycles. The first-order valence-corrected chi connectivity index (χ1v) is 7.20. The number of nitrogens with zero attached hydrogens (tertiary/aromatic N) is 1. The van der Waals surface area contributed by atoms with Gasteiger partial charge in [0.15, 0.2) is 0 Å². The van der Waals surface area contributed by atoms with Gasteiger partial charge in [0.1, 0.15) is 5.75 Å². The van der Waals surface area contributed by atoms with Crippen LogP contribution in [0.2, 0.25) is 0 Å². The number of piperidine rings is 1. The molecule has 0 aromatic heterocycles. The van der Waals surface area contributed by atoms with Crippen LogP contribution in [0, 0.1) is 0 Å². The molecule has 0 amide bonds. The summed E-state index contributed by atoms with van der Waals surface area (Å²) in [5, 5.41) is 3.76. The van der Waals surface area contributed by atoms with Crippen molar-refractivity contribution in [2.75, 3.05) is 20.7 Å². The molecule has 3 heteroatoms. The van der Waals surface area contributed by atoms with Crippen molar-refractivity contribution in [2.24, 2.45) is 0 Å². The van der Waals surface area contributed by atoms with E-state index >= 15 is 0 Å². The third kappa shape index (κ3) is 3.71. The lowest BCUT2D eigenvalue weighted by Crippen LogP contribution is -2.46. The van der Waals surface area contributed by atoms with Gasteiger partial charge in [-0.2, -0.15) is 0 Å². The molecule has 2 rings (SSSR count). The standard InChI is InChI=1S/C16H26N2O/c1-12-10-15(8-9-18(12)3)17-13(2)14-6-5-7-16(11-14)19-4/h5-7,11-13,15,17H,8-10H2,1-4H3. The van der Waals surface area contributed by atoms with Gasteiger partial charge in [0.05, 0.1) is 7.11 Å². The third-order valence-corrected chi connectivity index (χ3v) is 4.29. The van der Waals surface area contributed by atoms with Crippen molar-refractivity contribution < 1.29 is 4.74 Å². The molecule has 1 aromatic carbocycles. The van der Waals surface area contributed by atoms with E-state index < -0.39 is 0 Å². The molecule has 1 fully saturated rings. The summed E-state index contributed by atoms with van der Waals surface area (Å²) in [6.45, 7) is 5.73. The number of methoxy groups -OCH3 is 1. The number of hydrogen-bond acceptors (Lipinski definition) is 3. The quantitative estimate of drug-likeness (QED) is 0.903. The van der Waals surface area contributed by atoms with Crippen molar-refractivity contribution in [3.05, 3.63) is 29.8 Å². The van der Waals surface area contributed by atoms with Crippen molar-refractivity contribution in [1.29, 1.82) is 0 Å². The first kappa shape index (κ1) is 14.4. The number of ether oxygens (including phenoxy) is 1. The van der Waals surface area contributed by atoms with Gasteiger partial charge in [-0.05, 0) is 58.0 Å². The van der Waals surface area contributed by atoms with Crippen LogP contribution in [0.15, 0.2) is 24.3 Å². The zero-order valence-corrected chi connectivity index (χ0v) is 12.5. The predicted molar refractivity (Wildman–Crippen MR) is 79.7 cm³/mol. The van der Waals surface area contributed by atoms with Crippen molar-refractivity contribution in [3.8, 4) is 5.75 Å². The zero-order chi connectivity index (χ0) is 13.8. The minimum absolute atomic E-state index is 0.371. The summed E-state index contributed by atoms with van der Waals surface area (Å²) >= 11 is 0. The van der Waals surface area contributed by atoms with Crippen LogP contribution in [0.1, 0.15) is 38.3 Å². The van der Waals surface area contributed by atoms with E-state index in [0.29, 0.717) is 18.1 Å². The fraction of sp³-hybridized carbons (Fsp3) is 0.625. The maximum Gasteiger partial charge on any atom is 0.119 e. The minimum Gasteiger partial charge on any atom is -0.497 e. The van der Waals surface area contributed by atoms with Gasteiger partial charge in [-0.15, -0.1) is 0 Å². The molecule has 1 N–H and O–H groups in total. The summed E-state index contributed by atoms with van der Waals surface area (Å²) in [6, 6.07) is 10.00. The Kier molecular flexibility index (Phi) is 4.83. The number of likely N-dealkylation sites (tertiary alicyclic amines) is 1. The first-order valence-electron chi connectivity index (χ1n) is 7.20. The van der Waals surface area contributed by atoms with E-state index in [-0.39, 0.29) is 0 Å². The normalized spacial score (nSPS) is 26.1. The molecule has 3 nitrogen and oxygen atoms in total. The smallest absolute Gasteiger partial charge is 0.119 e. The molecule has 1 aromatic rings. The summed E-state index contributed by atoms with van der Waals surface area (Å²) in [6.07, 6.45) is 2.46. The molecule has 19 heavy (non-hydrogen) atoms. The van der Waals surface area contributed by atoms with E-state index in [2.05, 4.69) is 49.3 Å². The van der Waals surface area contributed by atoms with E-state index in [9.17, 15) is 0 Å². The van der Waals surface area contributed by atoms with Gasteiger partial charge in [0, 0.05) is 18.1 Å². The highest BCUT2D eigenvalue weighted by molar-refractivity contribution is 5.30. The third-order valence-electron chi connectivity index (χ3n) is 4.29. The van der Waals surface area contributed by atoms with Crippen LogP contribution >= 0.6 is 0 Å². The van der Waals surface area contributed by atoms with Crippen molar-refractivity contribution in [3.63, 3.8) is 0 Å². The average Bonchev–Trinajstić information content (AvgIpc) is 2.43. The maximum atomic E-state index is 5.29. The largest absolute Gasteiger partial charge is 0.497 e. The summed E-state index contributed by atoms with van der Waals surface area (Å²) in [5.74, 6) is 0.933. The zero-order valence-electron chi connectivity index (χ0n) is 12.5. The van der Waals surface area contributed by atoms with E-state index in [1.165, 1.54) is 24.9 Å². The molecule has 0 saturated carbocycles. The van der Waals surface area contributed by atoms with E-state index in [1.54, 1.807) is 7.11 Å². The topological polar surface area (TPSA) is 24.5 Å². The SMILES string of the molecule is COc1cccc(C(C)NC2CCN(C)C(C)C2)c1. The van der Waals surface area contributed by atoms with Gasteiger partial charge in [0.25, 0.3) is 0 Å². The summed E-state index contributed by atoms with van der Waals surface area (Å²) in [5.41, 5.74) is 1.30. The lowest BCUT2D eigenvalue weighted by molar-refractivity contribution is 0.163. The lowest BCUT2D eigenvalue weighted by atomic mass is 9.97. The van der Waals surface area contributed by atoms with Gasteiger partial charge in [-0.3, -0.25) is 0 Å². The lowest BCUT2D eigenvalue weighted by Gasteiger charge is -2.36. The molecule has 106 valence electrons. The molecule has 1 saturated heterocycles. The van der Waals surface area contributed by atoms with Crippen LogP contribution in [0.25, 0.3) is 0 Å². The summed E-state index contributed by atoms with van der Waals surface area (Å²) < 4.78 is 5.29. The second-order valence-electron chi connectivity index (χ2n) is 5.72. The van der Waals surface area contributed by atoms with Gasteiger partial charge >= 0.3 is 0 Å². The summed E-state index contributed by atoms with van der Waals surface area (Å²) in [4.78, 5) is 2.44. The second kappa shape index (κ2) is 6.40. The Balaban J connectivity index is 1.95.